The van der Waals surface area contributed by atoms with Gasteiger partial charge in [0.15, 0.2) is 0 Å². The van der Waals surface area contributed by atoms with Crippen LogP contribution in [0.15, 0.2) is 59.6 Å². The SMILES string of the molecule is C=CCOc1ccc(C(=O)Nc2ccc(Br)cc2C)cc1. The molecule has 0 unspecified atom stereocenters. The third-order valence-electron chi connectivity index (χ3n) is 2.92. The van der Waals surface area contributed by atoms with E-state index in [1.807, 2.05) is 25.1 Å². The van der Waals surface area contributed by atoms with Gasteiger partial charge in [0, 0.05) is 15.7 Å². The lowest BCUT2D eigenvalue weighted by atomic mass is 10.1. The molecular weight excluding hydrogens is 330 g/mol. The summed E-state index contributed by atoms with van der Waals surface area (Å²) >= 11 is 3.40. The third-order valence-corrected chi connectivity index (χ3v) is 3.41. The molecule has 0 atom stereocenters. The molecule has 1 amide bonds. The number of rotatable bonds is 5. The van der Waals surface area contributed by atoms with Crippen LogP contribution in [0.2, 0.25) is 0 Å². The van der Waals surface area contributed by atoms with Crippen LogP contribution in [0.4, 0.5) is 5.69 Å². The Labute approximate surface area is 132 Å². The van der Waals surface area contributed by atoms with Crippen LogP contribution in [-0.2, 0) is 0 Å². The van der Waals surface area contributed by atoms with Crippen LogP contribution in [0.25, 0.3) is 0 Å². The Morgan fingerprint density at radius 1 is 1.29 bits per heavy atom. The molecule has 0 fully saturated rings. The lowest BCUT2D eigenvalue weighted by Gasteiger charge is -2.09. The van der Waals surface area contributed by atoms with E-state index >= 15 is 0 Å². The fraction of sp³-hybridized carbons (Fsp3) is 0.118. The maximum Gasteiger partial charge on any atom is 0.255 e. The quantitative estimate of drug-likeness (QED) is 0.805. The van der Waals surface area contributed by atoms with Gasteiger partial charge in [0.25, 0.3) is 5.91 Å². The molecule has 0 saturated carbocycles. The van der Waals surface area contributed by atoms with E-state index in [4.69, 9.17) is 4.74 Å². The monoisotopic (exact) mass is 345 g/mol. The molecule has 108 valence electrons. The van der Waals surface area contributed by atoms with Gasteiger partial charge in [-0.1, -0.05) is 28.6 Å². The highest BCUT2D eigenvalue weighted by Gasteiger charge is 2.08. The number of halogens is 1. The molecule has 1 N–H and O–H groups in total. The normalized spacial score (nSPS) is 10.0. The molecule has 4 heteroatoms. The zero-order valence-corrected chi connectivity index (χ0v) is 13.3. The molecule has 0 aromatic heterocycles. The van der Waals surface area contributed by atoms with Gasteiger partial charge in [0.2, 0.25) is 0 Å². The Bertz CT molecular complexity index is 650. The van der Waals surface area contributed by atoms with Gasteiger partial charge < -0.3 is 10.1 Å². The molecule has 0 aliphatic heterocycles. The van der Waals surface area contributed by atoms with Crippen LogP contribution >= 0.6 is 15.9 Å². The van der Waals surface area contributed by atoms with E-state index in [1.54, 1.807) is 30.3 Å². The first-order valence-electron chi connectivity index (χ1n) is 6.51. The first-order valence-corrected chi connectivity index (χ1v) is 7.30. The van der Waals surface area contributed by atoms with Crippen molar-refractivity contribution in [2.45, 2.75) is 6.92 Å². The predicted octanol–water partition coefficient (Wildman–Crippen LogP) is 4.57. The highest BCUT2D eigenvalue weighted by Crippen LogP contribution is 2.21. The van der Waals surface area contributed by atoms with E-state index in [0.717, 1.165) is 15.7 Å². The standard InChI is InChI=1S/C17H16BrNO2/c1-3-10-21-15-7-4-13(5-8-15)17(20)19-16-9-6-14(18)11-12(16)2/h3-9,11H,1,10H2,2H3,(H,19,20). The molecule has 0 aliphatic carbocycles. The minimum absolute atomic E-state index is 0.143. The van der Waals surface area contributed by atoms with Gasteiger partial charge in [0.1, 0.15) is 12.4 Å². The maximum atomic E-state index is 12.2. The molecule has 2 rings (SSSR count). The highest BCUT2D eigenvalue weighted by molar-refractivity contribution is 9.10. The first kappa shape index (κ1) is 15.3. The summed E-state index contributed by atoms with van der Waals surface area (Å²) in [6.45, 7) is 5.99. The average Bonchev–Trinajstić information content (AvgIpc) is 2.48. The first-order chi connectivity index (χ1) is 10.1. The minimum Gasteiger partial charge on any atom is -0.490 e. The van der Waals surface area contributed by atoms with Gasteiger partial charge in [-0.2, -0.15) is 0 Å². The van der Waals surface area contributed by atoms with Gasteiger partial charge in [-0.05, 0) is 55.0 Å². The second kappa shape index (κ2) is 7.09. The van der Waals surface area contributed by atoms with Crippen LogP contribution < -0.4 is 10.1 Å². The summed E-state index contributed by atoms with van der Waals surface area (Å²) in [5.41, 5.74) is 2.39. The second-order valence-electron chi connectivity index (χ2n) is 4.54. The molecule has 0 saturated heterocycles. The molecule has 0 heterocycles. The number of aryl methyl sites for hydroxylation is 1. The highest BCUT2D eigenvalue weighted by atomic mass is 79.9. The summed E-state index contributed by atoms with van der Waals surface area (Å²) in [7, 11) is 0. The van der Waals surface area contributed by atoms with Gasteiger partial charge in [-0.3, -0.25) is 4.79 Å². The smallest absolute Gasteiger partial charge is 0.255 e. The number of ether oxygens (including phenoxy) is 1. The lowest BCUT2D eigenvalue weighted by molar-refractivity contribution is 0.102. The Kier molecular flexibility index (Phi) is 5.17. The zero-order chi connectivity index (χ0) is 15.2. The molecular formula is C17H16BrNO2. The van der Waals surface area contributed by atoms with Crippen LogP contribution in [0.1, 0.15) is 15.9 Å². The van der Waals surface area contributed by atoms with Crippen molar-refractivity contribution in [3.05, 3.63) is 70.7 Å². The number of carbonyl (C=O) groups is 1. The van der Waals surface area contributed by atoms with E-state index in [9.17, 15) is 4.79 Å². The summed E-state index contributed by atoms with van der Waals surface area (Å²) in [6.07, 6.45) is 1.68. The number of amides is 1. The van der Waals surface area contributed by atoms with Crippen LogP contribution in [0, 0.1) is 6.92 Å². The number of nitrogens with one attached hydrogen (secondary N) is 1. The van der Waals surface area contributed by atoms with Gasteiger partial charge in [0.05, 0.1) is 0 Å². The topological polar surface area (TPSA) is 38.3 Å². The van der Waals surface area contributed by atoms with Crippen molar-refractivity contribution >= 4 is 27.5 Å². The van der Waals surface area contributed by atoms with Crippen LogP contribution in [0.3, 0.4) is 0 Å². The number of benzene rings is 2. The third kappa shape index (κ3) is 4.20. The molecule has 0 radical (unpaired) electrons. The summed E-state index contributed by atoms with van der Waals surface area (Å²) in [4.78, 5) is 12.2. The minimum atomic E-state index is -0.143. The summed E-state index contributed by atoms with van der Waals surface area (Å²) in [5.74, 6) is 0.571. The lowest BCUT2D eigenvalue weighted by Crippen LogP contribution is -2.12. The Balaban J connectivity index is 2.07. The molecule has 0 bridgehead atoms. The fourth-order valence-electron chi connectivity index (χ4n) is 1.82. The fourth-order valence-corrected chi connectivity index (χ4v) is 2.30. The van der Waals surface area contributed by atoms with E-state index in [-0.39, 0.29) is 5.91 Å². The largest absolute Gasteiger partial charge is 0.490 e. The Morgan fingerprint density at radius 2 is 2.00 bits per heavy atom. The van der Waals surface area contributed by atoms with Crippen molar-refractivity contribution < 1.29 is 9.53 Å². The van der Waals surface area contributed by atoms with Gasteiger partial charge >= 0.3 is 0 Å². The van der Waals surface area contributed by atoms with Crippen LogP contribution in [0.5, 0.6) is 5.75 Å². The summed E-state index contributed by atoms with van der Waals surface area (Å²) in [6, 6.07) is 12.7. The number of hydrogen-bond acceptors (Lipinski definition) is 2. The van der Waals surface area contributed by atoms with Gasteiger partial charge in [-0.15, -0.1) is 0 Å². The van der Waals surface area contributed by atoms with E-state index in [0.29, 0.717) is 17.9 Å². The second-order valence-corrected chi connectivity index (χ2v) is 5.45. The number of hydrogen-bond donors (Lipinski definition) is 1. The van der Waals surface area contributed by atoms with E-state index in [2.05, 4.69) is 27.8 Å². The Morgan fingerprint density at radius 3 is 2.62 bits per heavy atom. The zero-order valence-electron chi connectivity index (χ0n) is 11.7. The van der Waals surface area contributed by atoms with Crippen molar-refractivity contribution in [3.8, 4) is 5.75 Å². The number of carbonyl (C=O) groups excluding carboxylic acids is 1. The molecule has 2 aromatic rings. The van der Waals surface area contributed by atoms with Gasteiger partial charge in [-0.25, -0.2) is 0 Å². The summed E-state index contributed by atoms with van der Waals surface area (Å²) in [5, 5.41) is 2.90. The molecule has 21 heavy (non-hydrogen) atoms. The van der Waals surface area contributed by atoms with Crippen LogP contribution in [-0.4, -0.2) is 12.5 Å². The number of anilines is 1. The Hall–Kier alpha value is -2.07. The van der Waals surface area contributed by atoms with Crippen molar-refractivity contribution in [1.29, 1.82) is 0 Å². The van der Waals surface area contributed by atoms with Crippen molar-refractivity contribution in [3.63, 3.8) is 0 Å². The van der Waals surface area contributed by atoms with Crippen molar-refractivity contribution in [1.82, 2.24) is 0 Å². The summed E-state index contributed by atoms with van der Waals surface area (Å²) < 4.78 is 6.37. The van der Waals surface area contributed by atoms with E-state index in [1.165, 1.54) is 0 Å². The van der Waals surface area contributed by atoms with Crippen molar-refractivity contribution in [2.24, 2.45) is 0 Å². The predicted molar refractivity (Wildman–Crippen MR) is 89.0 cm³/mol. The van der Waals surface area contributed by atoms with Crippen molar-refractivity contribution in [2.75, 3.05) is 11.9 Å². The molecule has 0 aliphatic rings. The average molecular weight is 346 g/mol. The van der Waals surface area contributed by atoms with E-state index < -0.39 is 0 Å². The maximum absolute atomic E-state index is 12.2. The molecule has 2 aromatic carbocycles. The molecule has 0 spiro atoms. The molecule has 3 nitrogen and oxygen atoms in total.